The lowest BCUT2D eigenvalue weighted by atomic mass is 10.4. The molecule has 1 unspecified atom stereocenters. The van der Waals surface area contributed by atoms with Crippen LogP contribution in [0.15, 0.2) is 0 Å². The molecule has 1 aliphatic heterocycles. The van der Waals surface area contributed by atoms with E-state index in [-0.39, 0.29) is 18.7 Å². The average molecular weight is 165 g/mol. The van der Waals surface area contributed by atoms with Crippen LogP contribution < -0.4 is 0 Å². The van der Waals surface area contributed by atoms with E-state index >= 15 is 0 Å². The van der Waals surface area contributed by atoms with Crippen molar-refractivity contribution in [3.63, 3.8) is 0 Å². The Bertz CT molecular complexity index is 223. The van der Waals surface area contributed by atoms with Gasteiger partial charge in [-0.25, -0.2) is 8.42 Å². The Balaban J connectivity index is 2.66. The molecule has 0 saturated carbocycles. The minimum Gasteiger partial charge on any atom is -0.395 e. The van der Waals surface area contributed by atoms with Crippen molar-refractivity contribution in [1.82, 2.24) is 4.31 Å². The van der Waals surface area contributed by atoms with Crippen molar-refractivity contribution in [2.45, 2.75) is 19.0 Å². The van der Waals surface area contributed by atoms with Crippen molar-refractivity contribution >= 4 is 10.0 Å². The summed E-state index contributed by atoms with van der Waals surface area (Å²) in [6, 6.07) is -0.185. The first-order chi connectivity index (χ1) is 4.48. The van der Waals surface area contributed by atoms with Crippen LogP contribution in [-0.2, 0) is 10.0 Å². The molecule has 0 aromatic heterocycles. The van der Waals surface area contributed by atoms with Crippen molar-refractivity contribution in [1.29, 1.82) is 0 Å². The number of nitrogens with zero attached hydrogens (tertiary/aromatic N) is 1. The molecule has 60 valence electrons. The summed E-state index contributed by atoms with van der Waals surface area (Å²) in [5.74, 6) is 0. The van der Waals surface area contributed by atoms with Gasteiger partial charge in [-0.15, -0.1) is 0 Å². The van der Waals surface area contributed by atoms with Crippen LogP contribution in [0, 0.1) is 0 Å². The first kappa shape index (κ1) is 7.97. The highest BCUT2D eigenvalue weighted by Gasteiger charge is 2.49. The summed E-state index contributed by atoms with van der Waals surface area (Å²) in [6.45, 7) is 1.70. The van der Waals surface area contributed by atoms with Gasteiger partial charge >= 0.3 is 0 Å². The monoisotopic (exact) mass is 165 g/mol. The molecule has 0 radical (unpaired) electrons. The van der Waals surface area contributed by atoms with Crippen molar-refractivity contribution in [3.05, 3.63) is 0 Å². The molecule has 1 saturated heterocycles. The first-order valence-electron chi connectivity index (χ1n) is 3.08. The van der Waals surface area contributed by atoms with Crippen LogP contribution >= 0.6 is 0 Å². The predicted octanol–water partition coefficient (Wildman–Crippen LogP) is -0.989. The zero-order valence-corrected chi connectivity index (χ0v) is 6.80. The maximum Gasteiger partial charge on any atom is 0.211 e. The Morgan fingerprint density at radius 3 is 2.20 bits per heavy atom. The van der Waals surface area contributed by atoms with Gasteiger partial charge < -0.3 is 5.11 Å². The molecule has 3 atom stereocenters. The van der Waals surface area contributed by atoms with Crippen LogP contribution in [-0.4, -0.2) is 42.8 Å². The molecule has 0 aromatic carbocycles. The number of aliphatic hydroxyl groups excluding tert-OH is 1. The van der Waals surface area contributed by atoms with Gasteiger partial charge in [-0.05, 0) is 6.92 Å². The van der Waals surface area contributed by atoms with Gasteiger partial charge in [0.15, 0.2) is 0 Å². The summed E-state index contributed by atoms with van der Waals surface area (Å²) in [6.07, 6.45) is 1.15. The molecule has 0 bridgehead atoms. The van der Waals surface area contributed by atoms with Crippen LogP contribution in [0.3, 0.4) is 0 Å². The lowest BCUT2D eigenvalue weighted by Gasteiger charge is -1.95. The van der Waals surface area contributed by atoms with Gasteiger partial charge in [-0.3, -0.25) is 0 Å². The van der Waals surface area contributed by atoms with E-state index in [1.165, 1.54) is 4.31 Å². The Hall–Kier alpha value is -0.130. The van der Waals surface area contributed by atoms with Gasteiger partial charge in [0.05, 0.1) is 18.9 Å². The Labute approximate surface area is 60.5 Å². The standard InChI is InChI=1S/C5H11NO3S/c1-4-5(3-7)6(4)10(2,8)9/h4-5,7H,3H2,1-2H3/t4-,5+,6?/m0/s1. The van der Waals surface area contributed by atoms with Crippen LogP contribution in [0.2, 0.25) is 0 Å². The van der Waals surface area contributed by atoms with E-state index < -0.39 is 10.0 Å². The summed E-state index contributed by atoms with van der Waals surface area (Å²) in [4.78, 5) is 0. The van der Waals surface area contributed by atoms with E-state index in [1.54, 1.807) is 6.92 Å². The topological polar surface area (TPSA) is 57.4 Å². The van der Waals surface area contributed by atoms with Crippen molar-refractivity contribution in [3.8, 4) is 0 Å². The maximum absolute atomic E-state index is 10.8. The fourth-order valence-corrected chi connectivity index (χ4v) is 2.59. The number of hydrogen-bond acceptors (Lipinski definition) is 3. The summed E-state index contributed by atoms with van der Waals surface area (Å²) in [5.41, 5.74) is 0. The molecular formula is C5H11NO3S. The van der Waals surface area contributed by atoms with Crippen LogP contribution in [0.4, 0.5) is 0 Å². The summed E-state index contributed by atoms with van der Waals surface area (Å²) in [5, 5.41) is 8.60. The second-order valence-corrected chi connectivity index (χ2v) is 4.47. The summed E-state index contributed by atoms with van der Waals surface area (Å²) in [7, 11) is -3.07. The van der Waals surface area contributed by atoms with Crippen LogP contribution in [0.5, 0.6) is 0 Å². The zero-order chi connectivity index (χ0) is 7.94. The van der Waals surface area contributed by atoms with Gasteiger partial charge in [0.25, 0.3) is 0 Å². The molecule has 1 aliphatic rings. The van der Waals surface area contributed by atoms with Crippen molar-refractivity contribution in [2.24, 2.45) is 0 Å². The van der Waals surface area contributed by atoms with Crippen LogP contribution in [0.1, 0.15) is 6.92 Å². The number of hydrogen-bond donors (Lipinski definition) is 1. The molecule has 0 spiro atoms. The second-order valence-electron chi connectivity index (χ2n) is 2.58. The third-order valence-electron chi connectivity index (χ3n) is 1.77. The van der Waals surface area contributed by atoms with E-state index in [0.29, 0.717) is 0 Å². The number of rotatable bonds is 2. The molecule has 0 aliphatic carbocycles. The molecule has 10 heavy (non-hydrogen) atoms. The Morgan fingerprint density at radius 1 is 1.60 bits per heavy atom. The van der Waals surface area contributed by atoms with E-state index in [0.717, 1.165) is 6.26 Å². The van der Waals surface area contributed by atoms with E-state index in [2.05, 4.69) is 0 Å². The van der Waals surface area contributed by atoms with Gasteiger partial charge in [-0.2, -0.15) is 4.31 Å². The summed E-state index contributed by atoms with van der Waals surface area (Å²) < 4.78 is 22.9. The highest BCUT2D eigenvalue weighted by molar-refractivity contribution is 7.88. The third-order valence-corrected chi connectivity index (χ3v) is 3.13. The van der Waals surface area contributed by atoms with Gasteiger partial charge in [-0.1, -0.05) is 0 Å². The Kier molecular flexibility index (Phi) is 1.74. The smallest absolute Gasteiger partial charge is 0.211 e. The average Bonchev–Trinajstić information content (AvgIpc) is 2.39. The van der Waals surface area contributed by atoms with Crippen LogP contribution in [0.25, 0.3) is 0 Å². The molecule has 1 heterocycles. The maximum atomic E-state index is 10.8. The minimum atomic E-state index is -3.07. The molecule has 4 nitrogen and oxygen atoms in total. The molecule has 0 amide bonds. The van der Waals surface area contributed by atoms with E-state index in [4.69, 9.17) is 5.11 Å². The molecule has 1 N–H and O–H groups in total. The van der Waals surface area contributed by atoms with Gasteiger partial charge in [0.1, 0.15) is 0 Å². The van der Waals surface area contributed by atoms with E-state index in [9.17, 15) is 8.42 Å². The quantitative estimate of drug-likeness (QED) is 0.534. The highest BCUT2D eigenvalue weighted by Crippen LogP contribution is 2.30. The fraction of sp³-hybridized carbons (Fsp3) is 1.00. The fourth-order valence-electron chi connectivity index (χ4n) is 1.16. The van der Waals surface area contributed by atoms with Gasteiger partial charge in [0, 0.05) is 6.04 Å². The third kappa shape index (κ3) is 1.16. The lowest BCUT2D eigenvalue weighted by molar-refractivity contribution is 0.286. The van der Waals surface area contributed by atoms with Gasteiger partial charge in [0.2, 0.25) is 10.0 Å². The first-order valence-corrected chi connectivity index (χ1v) is 4.92. The largest absolute Gasteiger partial charge is 0.395 e. The SMILES string of the molecule is C[C@H]1[C@@H](CO)N1S(C)(=O)=O. The normalized spacial score (nSPS) is 39.7. The molecule has 5 heteroatoms. The molecule has 0 aromatic rings. The second kappa shape index (κ2) is 2.18. The number of sulfonamides is 1. The molecular weight excluding hydrogens is 154 g/mol. The highest BCUT2D eigenvalue weighted by atomic mass is 32.2. The van der Waals surface area contributed by atoms with Crippen molar-refractivity contribution in [2.75, 3.05) is 12.9 Å². The van der Waals surface area contributed by atoms with Crippen molar-refractivity contribution < 1.29 is 13.5 Å². The summed E-state index contributed by atoms with van der Waals surface area (Å²) >= 11 is 0. The molecule has 1 fully saturated rings. The lowest BCUT2D eigenvalue weighted by Crippen LogP contribution is -2.13. The zero-order valence-electron chi connectivity index (χ0n) is 5.98. The van der Waals surface area contributed by atoms with E-state index in [1.807, 2.05) is 0 Å². The Morgan fingerprint density at radius 2 is 2.10 bits per heavy atom. The number of aliphatic hydroxyl groups is 1. The molecule has 1 rings (SSSR count). The predicted molar refractivity (Wildman–Crippen MR) is 37.0 cm³/mol. The minimum absolute atomic E-state index is 0.0139.